The molecule has 2 unspecified atom stereocenters. The molecule has 5 heteroatoms. The average molecular weight is 402 g/mol. The Kier molecular flexibility index (Phi) is 13.3. The van der Waals surface area contributed by atoms with Gasteiger partial charge in [-0.3, -0.25) is 0 Å². The Morgan fingerprint density at radius 3 is 1.20 bits per heavy atom. The summed E-state index contributed by atoms with van der Waals surface area (Å²) in [4.78, 5) is 21.4. The number of carboxylic acid groups (broad SMARTS) is 2. The molecule has 2 rings (SSSR count). The number of hydrogen-bond acceptors (Lipinski definition) is 4. The molecule has 0 bridgehead atoms. The van der Waals surface area contributed by atoms with Crippen molar-refractivity contribution in [1.82, 2.24) is 0 Å². The van der Waals surface area contributed by atoms with Gasteiger partial charge in [0.1, 0.15) is 0 Å². The van der Waals surface area contributed by atoms with Crippen molar-refractivity contribution in [1.29, 1.82) is 0 Å². The molecule has 2 aliphatic carbocycles. The predicted molar refractivity (Wildman–Crippen MR) is 90.7 cm³/mol. The average Bonchev–Trinajstić information content (AvgIpc) is 2.58. The summed E-state index contributed by atoms with van der Waals surface area (Å²) in [5.41, 5.74) is 0. The van der Waals surface area contributed by atoms with Crippen molar-refractivity contribution in [2.75, 3.05) is 0 Å². The summed E-state index contributed by atoms with van der Waals surface area (Å²) in [5, 5.41) is 21.4. The molecule has 0 saturated heterocycles. The van der Waals surface area contributed by atoms with Crippen LogP contribution in [-0.4, -0.2) is 11.9 Å². The molecule has 0 aromatic rings. The van der Waals surface area contributed by atoms with Crippen LogP contribution < -0.4 is 10.2 Å². The van der Waals surface area contributed by atoms with Crippen molar-refractivity contribution in [2.24, 2.45) is 23.7 Å². The van der Waals surface area contributed by atoms with E-state index in [9.17, 15) is 19.8 Å². The summed E-state index contributed by atoms with van der Waals surface area (Å²) in [7, 11) is 0. The minimum atomic E-state index is -0.843. The molecule has 149 valence electrons. The molecule has 25 heavy (non-hydrogen) atoms. The number of carbonyl (C=O) groups excluding carboxylic acids is 2. The Bertz CT molecular complexity index is 338. The Balaban J connectivity index is 0.000000443. The van der Waals surface area contributed by atoms with Crippen LogP contribution in [-0.2, 0) is 26.7 Å². The van der Waals surface area contributed by atoms with E-state index in [4.69, 9.17) is 0 Å². The van der Waals surface area contributed by atoms with Crippen molar-refractivity contribution in [2.45, 2.75) is 90.9 Å². The van der Waals surface area contributed by atoms with Crippen LogP contribution in [0.3, 0.4) is 0 Å². The molecular weight excluding hydrogens is 368 g/mol. The van der Waals surface area contributed by atoms with E-state index in [1.807, 2.05) is 13.8 Å². The first-order valence-electron chi connectivity index (χ1n) is 9.92. The van der Waals surface area contributed by atoms with Crippen LogP contribution in [0.4, 0.5) is 0 Å². The number of rotatable bonds is 6. The Morgan fingerprint density at radius 2 is 1.00 bits per heavy atom. The third kappa shape index (κ3) is 8.59. The summed E-state index contributed by atoms with van der Waals surface area (Å²) in [6.45, 7) is 3.88. The van der Waals surface area contributed by atoms with E-state index in [1.54, 1.807) is 0 Å². The zero-order valence-electron chi connectivity index (χ0n) is 15.7. The van der Waals surface area contributed by atoms with Crippen LogP contribution in [0.1, 0.15) is 90.9 Å². The summed E-state index contributed by atoms with van der Waals surface area (Å²) >= 11 is 0. The van der Waals surface area contributed by atoms with Gasteiger partial charge in [-0.1, -0.05) is 52.4 Å². The smallest absolute Gasteiger partial charge is 0.550 e. The van der Waals surface area contributed by atoms with Gasteiger partial charge in [0.05, 0.1) is 0 Å². The van der Waals surface area contributed by atoms with Gasteiger partial charge in [-0.05, 0) is 50.4 Å². The minimum absolute atomic E-state index is 0. The molecule has 0 amide bonds. The van der Waals surface area contributed by atoms with E-state index in [0.717, 1.165) is 38.5 Å². The second-order valence-electron chi connectivity index (χ2n) is 7.46. The topological polar surface area (TPSA) is 80.3 Å². The normalized spacial score (nSPS) is 21.2. The van der Waals surface area contributed by atoms with E-state index >= 15 is 0 Å². The standard InChI is InChI=1S/2C10H18O2.Cu/c2*1-2-9(10(11)12)8-6-4-3-5-7-8;/h2*8-9H,2-7H2,1H3,(H,11,12);/q;;+2/p-2. The molecule has 0 aliphatic heterocycles. The minimum Gasteiger partial charge on any atom is -0.550 e. The third-order valence-corrected chi connectivity index (χ3v) is 5.92. The molecule has 0 aromatic carbocycles. The summed E-state index contributed by atoms with van der Waals surface area (Å²) in [6, 6.07) is 0. The Hall–Kier alpha value is -0.541. The van der Waals surface area contributed by atoms with Gasteiger partial charge in [-0.15, -0.1) is 0 Å². The molecule has 2 atom stereocenters. The van der Waals surface area contributed by atoms with Crippen molar-refractivity contribution in [3.05, 3.63) is 0 Å². The maximum atomic E-state index is 10.7. The van der Waals surface area contributed by atoms with Gasteiger partial charge in [-0.2, -0.15) is 0 Å². The van der Waals surface area contributed by atoms with Gasteiger partial charge in [0.15, 0.2) is 0 Å². The zero-order valence-corrected chi connectivity index (χ0v) is 16.7. The van der Waals surface area contributed by atoms with Gasteiger partial charge >= 0.3 is 17.1 Å². The molecule has 2 aliphatic rings. The van der Waals surface area contributed by atoms with Gasteiger partial charge in [0.25, 0.3) is 0 Å². The maximum absolute atomic E-state index is 10.7. The summed E-state index contributed by atoms with van der Waals surface area (Å²) in [6.07, 6.45) is 13.2. The second kappa shape index (κ2) is 13.6. The van der Waals surface area contributed by atoms with Gasteiger partial charge in [0, 0.05) is 23.8 Å². The van der Waals surface area contributed by atoms with Crippen molar-refractivity contribution >= 4 is 11.9 Å². The van der Waals surface area contributed by atoms with Gasteiger partial charge in [0.2, 0.25) is 0 Å². The molecule has 0 aromatic heterocycles. The van der Waals surface area contributed by atoms with Crippen molar-refractivity contribution in [3.8, 4) is 0 Å². The number of carbonyl (C=O) groups is 2. The third-order valence-electron chi connectivity index (χ3n) is 5.92. The van der Waals surface area contributed by atoms with E-state index in [-0.39, 0.29) is 28.9 Å². The molecule has 4 nitrogen and oxygen atoms in total. The van der Waals surface area contributed by atoms with Gasteiger partial charge < -0.3 is 19.8 Å². The Labute approximate surface area is 163 Å². The van der Waals surface area contributed by atoms with Gasteiger partial charge in [-0.25, -0.2) is 0 Å². The van der Waals surface area contributed by atoms with Crippen LogP contribution in [0.25, 0.3) is 0 Å². The van der Waals surface area contributed by atoms with Crippen LogP contribution in [0.15, 0.2) is 0 Å². The number of hydrogen-bond donors (Lipinski definition) is 0. The first kappa shape index (κ1) is 24.5. The first-order chi connectivity index (χ1) is 11.5. The SMILES string of the molecule is CCC(C(=O)[O-])C1CCCCC1.CCC(C(=O)[O-])C1CCCCC1.[Cu+2]. The fraction of sp³-hybridized carbons (Fsp3) is 0.900. The van der Waals surface area contributed by atoms with E-state index in [0.29, 0.717) is 11.8 Å². The molecular formula is C20H34CuO4. The fourth-order valence-electron chi connectivity index (χ4n) is 4.46. The van der Waals surface area contributed by atoms with Crippen LogP contribution >= 0.6 is 0 Å². The maximum Gasteiger partial charge on any atom is 2.00 e. The molecule has 1 radical (unpaired) electrons. The van der Waals surface area contributed by atoms with E-state index < -0.39 is 11.9 Å². The van der Waals surface area contributed by atoms with Crippen LogP contribution in [0.2, 0.25) is 0 Å². The monoisotopic (exact) mass is 401 g/mol. The number of aliphatic carboxylic acids is 2. The first-order valence-corrected chi connectivity index (χ1v) is 9.92. The van der Waals surface area contributed by atoms with Crippen LogP contribution in [0.5, 0.6) is 0 Å². The zero-order chi connectivity index (χ0) is 17.9. The quantitative estimate of drug-likeness (QED) is 0.641. The number of carboxylic acids is 2. The molecule has 2 saturated carbocycles. The van der Waals surface area contributed by atoms with E-state index in [1.165, 1.54) is 38.5 Å². The van der Waals surface area contributed by atoms with Crippen molar-refractivity contribution < 1.29 is 36.9 Å². The van der Waals surface area contributed by atoms with E-state index in [2.05, 4.69) is 0 Å². The fourth-order valence-corrected chi connectivity index (χ4v) is 4.46. The van der Waals surface area contributed by atoms with Crippen molar-refractivity contribution in [3.63, 3.8) is 0 Å². The summed E-state index contributed by atoms with van der Waals surface area (Å²) < 4.78 is 0. The van der Waals surface area contributed by atoms with Crippen LogP contribution in [0, 0.1) is 23.7 Å². The molecule has 2 fully saturated rings. The molecule has 0 heterocycles. The molecule has 0 N–H and O–H groups in total. The Morgan fingerprint density at radius 1 is 0.720 bits per heavy atom. The second-order valence-corrected chi connectivity index (χ2v) is 7.46. The summed E-state index contributed by atoms with van der Waals surface area (Å²) in [5.74, 6) is -1.27. The predicted octanol–water partition coefficient (Wildman–Crippen LogP) is 2.68. The largest absolute Gasteiger partial charge is 2.00 e. The molecule has 0 spiro atoms.